The first-order valence-electron chi connectivity index (χ1n) is 12.2. The number of nitrogens with one attached hydrogen (secondary N) is 1. The largest absolute Gasteiger partial charge is 0.336 e. The minimum atomic E-state index is -0.595. The highest BCUT2D eigenvalue weighted by atomic mass is 19.1. The van der Waals surface area contributed by atoms with Gasteiger partial charge in [0.25, 0.3) is 5.91 Å². The van der Waals surface area contributed by atoms with Crippen molar-refractivity contribution in [1.29, 1.82) is 0 Å². The number of likely N-dealkylation sites (N-methyl/N-ethyl adjacent to an activating group) is 1. The van der Waals surface area contributed by atoms with E-state index in [-0.39, 0.29) is 28.7 Å². The maximum atomic E-state index is 14.6. The molecule has 172 valence electrons. The van der Waals surface area contributed by atoms with Crippen molar-refractivity contribution >= 4 is 17.5 Å². The van der Waals surface area contributed by atoms with Crippen LogP contribution in [0.25, 0.3) is 0 Å². The fraction of sp³-hybridized carbons (Fsp3) is 0.630. The molecule has 0 spiro atoms. The van der Waals surface area contributed by atoms with Crippen LogP contribution in [0.4, 0.5) is 10.1 Å². The van der Waals surface area contributed by atoms with Gasteiger partial charge in [0.2, 0.25) is 5.91 Å². The number of hydrogen-bond donors (Lipinski definition) is 1. The Morgan fingerprint density at radius 2 is 1.84 bits per heavy atom. The number of anilines is 1. The lowest BCUT2D eigenvalue weighted by molar-refractivity contribution is -0.144. The van der Waals surface area contributed by atoms with Crippen LogP contribution in [0.1, 0.15) is 57.9 Å². The molecule has 1 aromatic carbocycles. The highest BCUT2D eigenvalue weighted by Crippen LogP contribution is 2.65. The van der Waals surface area contributed by atoms with Gasteiger partial charge in [-0.25, -0.2) is 4.39 Å². The van der Waals surface area contributed by atoms with Crippen molar-refractivity contribution in [3.05, 3.63) is 41.7 Å². The number of halogens is 1. The molecule has 0 saturated heterocycles. The lowest BCUT2D eigenvalue weighted by Gasteiger charge is -2.60. The number of para-hydroxylation sites is 1. The van der Waals surface area contributed by atoms with Gasteiger partial charge in [-0.1, -0.05) is 32.0 Å². The fourth-order valence-corrected chi connectivity index (χ4v) is 8.19. The number of aryl methyl sites for hydroxylation is 1. The average molecular weight is 439 g/mol. The van der Waals surface area contributed by atoms with Gasteiger partial charge in [-0.2, -0.15) is 0 Å². The van der Waals surface area contributed by atoms with Gasteiger partial charge in [0.05, 0.1) is 0 Å². The van der Waals surface area contributed by atoms with Crippen LogP contribution in [0.3, 0.4) is 0 Å². The van der Waals surface area contributed by atoms with E-state index in [4.69, 9.17) is 0 Å². The summed E-state index contributed by atoms with van der Waals surface area (Å²) in [6.45, 7) is 6.51. The van der Waals surface area contributed by atoms with Crippen LogP contribution >= 0.6 is 0 Å². The summed E-state index contributed by atoms with van der Waals surface area (Å²) in [6.07, 6.45) is 7.58. The predicted molar refractivity (Wildman–Crippen MR) is 123 cm³/mol. The second-order valence-electron chi connectivity index (χ2n) is 11.2. The molecule has 0 unspecified atom stereocenters. The summed E-state index contributed by atoms with van der Waals surface area (Å²) >= 11 is 0. The molecule has 1 heterocycles. The molecule has 0 radical (unpaired) electrons. The summed E-state index contributed by atoms with van der Waals surface area (Å²) in [5.74, 6) is 0.419. The molecule has 4 aliphatic rings. The van der Waals surface area contributed by atoms with Gasteiger partial charge in [0, 0.05) is 30.1 Å². The van der Waals surface area contributed by atoms with Gasteiger partial charge < -0.3 is 10.2 Å². The Morgan fingerprint density at radius 1 is 1.09 bits per heavy atom. The Bertz CT molecular complexity index is 990. The monoisotopic (exact) mass is 438 g/mol. The quantitative estimate of drug-likeness (QED) is 0.664. The first-order valence-corrected chi connectivity index (χ1v) is 12.2. The van der Waals surface area contributed by atoms with Crippen LogP contribution in [0.15, 0.2) is 36.2 Å². The SMILES string of the molecule is Cc1ccccc1NC(=O)[C@H]1CC[C@H]2[C@@H]3CC[C@H]4N(C)C(=O)C(F)=C[C@]4(C)[C@H]3CC[C@]12C. The molecular weight excluding hydrogens is 403 g/mol. The third-order valence-electron chi connectivity index (χ3n) is 9.88. The number of hydrogen-bond acceptors (Lipinski definition) is 2. The van der Waals surface area contributed by atoms with Gasteiger partial charge in [0.15, 0.2) is 5.83 Å². The Morgan fingerprint density at radius 3 is 2.59 bits per heavy atom. The summed E-state index contributed by atoms with van der Waals surface area (Å²) in [7, 11) is 1.76. The van der Waals surface area contributed by atoms with Crippen molar-refractivity contribution in [3.63, 3.8) is 0 Å². The second kappa shape index (κ2) is 7.43. The maximum Gasteiger partial charge on any atom is 0.282 e. The van der Waals surface area contributed by atoms with E-state index < -0.39 is 11.7 Å². The molecule has 0 bridgehead atoms. The zero-order valence-corrected chi connectivity index (χ0v) is 19.7. The van der Waals surface area contributed by atoms with Gasteiger partial charge >= 0.3 is 0 Å². The molecular formula is C27H35FN2O2. The first kappa shape index (κ1) is 21.7. The third-order valence-corrected chi connectivity index (χ3v) is 9.88. The molecule has 3 saturated carbocycles. The molecule has 4 nitrogen and oxygen atoms in total. The number of rotatable bonds is 2. The van der Waals surface area contributed by atoms with Crippen LogP contribution in [0.2, 0.25) is 0 Å². The van der Waals surface area contributed by atoms with Crippen molar-refractivity contribution < 1.29 is 14.0 Å². The van der Waals surface area contributed by atoms with Gasteiger partial charge in [-0.15, -0.1) is 0 Å². The zero-order chi connectivity index (χ0) is 22.8. The highest BCUT2D eigenvalue weighted by Gasteiger charge is 2.62. The number of amides is 2. The number of nitrogens with zero attached hydrogens (tertiary/aromatic N) is 1. The molecule has 1 N–H and O–H groups in total. The molecule has 5 heteroatoms. The normalized spacial score (nSPS) is 40.8. The molecule has 3 aliphatic carbocycles. The maximum absolute atomic E-state index is 14.6. The standard InChI is InChI=1S/C27H35FN2O2/c1-16-7-5-6-8-22(16)29-24(31)20-11-10-18-17-9-12-23-27(3,15-21(28)25(32)30(23)4)19(17)13-14-26(18,20)2/h5-8,15,17-20,23H,9-14H2,1-4H3,(H,29,31)/t17-,18-,19-,20+,23+,26-,27+/m0/s1. The van der Waals surface area contributed by atoms with Crippen molar-refractivity contribution in [2.45, 2.75) is 65.3 Å². The molecule has 1 aromatic rings. The van der Waals surface area contributed by atoms with Gasteiger partial charge in [-0.05, 0) is 86.3 Å². The number of carbonyl (C=O) groups is 2. The molecule has 0 aromatic heterocycles. The second-order valence-corrected chi connectivity index (χ2v) is 11.2. The Labute approximate surface area is 190 Å². The minimum Gasteiger partial charge on any atom is -0.336 e. The van der Waals surface area contributed by atoms with Crippen molar-refractivity contribution in [2.24, 2.45) is 34.5 Å². The number of carbonyl (C=O) groups excluding carboxylic acids is 2. The van der Waals surface area contributed by atoms with Crippen LogP contribution in [0.5, 0.6) is 0 Å². The Kier molecular flexibility index (Phi) is 5.03. The van der Waals surface area contributed by atoms with Gasteiger partial charge in [0.1, 0.15) is 0 Å². The molecule has 32 heavy (non-hydrogen) atoms. The lowest BCUT2D eigenvalue weighted by Crippen LogP contribution is -2.60. The van der Waals surface area contributed by atoms with E-state index in [2.05, 4.69) is 19.2 Å². The third kappa shape index (κ3) is 2.99. The topological polar surface area (TPSA) is 49.4 Å². The van der Waals surface area contributed by atoms with Crippen molar-refractivity contribution in [1.82, 2.24) is 4.90 Å². The Hall–Kier alpha value is -2.17. The molecule has 3 fully saturated rings. The molecule has 1 aliphatic heterocycles. The summed E-state index contributed by atoms with van der Waals surface area (Å²) in [5, 5.41) is 3.21. The molecule has 7 atom stereocenters. The lowest BCUT2D eigenvalue weighted by atomic mass is 9.47. The summed E-state index contributed by atoms with van der Waals surface area (Å²) in [4.78, 5) is 27.3. The highest BCUT2D eigenvalue weighted by molar-refractivity contribution is 5.94. The van der Waals surface area contributed by atoms with Crippen LogP contribution in [-0.2, 0) is 9.59 Å². The van der Waals surface area contributed by atoms with Crippen molar-refractivity contribution in [3.8, 4) is 0 Å². The van der Waals surface area contributed by atoms with E-state index in [0.717, 1.165) is 49.8 Å². The minimum absolute atomic E-state index is 0.0153. The van der Waals surface area contributed by atoms with E-state index >= 15 is 0 Å². The smallest absolute Gasteiger partial charge is 0.282 e. The van der Waals surface area contributed by atoms with E-state index in [1.54, 1.807) is 18.0 Å². The summed E-state index contributed by atoms with van der Waals surface area (Å²) in [5.41, 5.74) is 1.65. The average Bonchev–Trinajstić information content (AvgIpc) is 3.11. The number of fused-ring (bicyclic) bond motifs is 5. The molecule has 5 rings (SSSR count). The van der Waals surface area contributed by atoms with Crippen LogP contribution in [-0.4, -0.2) is 29.8 Å². The summed E-state index contributed by atoms with van der Waals surface area (Å²) < 4.78 is 14.6. The Balaban J connectivity index is 1.40. The van der Waals surface area contributed by atoms with E-state index in [1.165, 1.54) is 0 Å². The van der Waals surface area contributed by atoms with E-state index in [1.807, 2.05) is 31.2 Å². The van der Waals surface area contributed by atoms with E-state index in [9.17, 15) is 14.0 Å². The molecule has 2 amide bonds. The van der Waals surface area contributed by atoms with Crippen LogP contribution in [0, 0.1) is 41.4 Å². The summed E-state index contributed by atoms with van der Waals surface area (Å²) in [6, 6.07) is 8.02. The fourth-order valence-electron chi connectivity index (χ4n) is 8.19. The van der Waals surface area contributed by atoms with Crippen LogP contribution < -0.4 is 5.32 Å². The van der Waals surface area contributed by atoms with Gasteiger partial charge in [-0.3, -0.25) is 9.59 Å². The van der Waals surface area contributed by atoms with E-state index in [0.29, 0.717) is 17.8 Å². The first-order chi connectivity index (χ1) is 15.2. The van der Waals surface area contributed by atoms with Crippen molar-refractivity contribution in [2.75, 3.05) is 12.4 Å². The number of benzene rings is 1. The predicted octanol–water partition coefficient (Wildman–Crippen LogP) is 5.49. The zero-order valence-electron chi connectivity index (χ0n) is 19.7.